The van der Waals surface area contributed by atoms with Crippen molar-refractivity contribution in [1.29, 1.82) is 0 Å². The van der Waals surface area contributed by atoms with Crippen LogP contribution in [-0.4, -0.2) is 29.1 Å². The van der Waals surface area contributed by atoms with Gasteiger partial charge in [0.25, 0.3) is 0 Å². The molecule has 3 rings (SSSR count). The lowest BCUT2D eigenvalue weighted by atomic mass is 10.1. The zero-order valence-corrected chi connectivity index (χ0v) is 14.0. The van der Waals surface area contributed by atoms with E-state index < -0.39 is 5.97 Å². The zero-order chi connectivity index (χ0) is 17.1. The molecule has 0 aliphatic carbocycles. The molecule has 2 aromatic heterocycles. The molecule has 1 aromatic carbocycles. The number of aromatic amines is 1. The van der Waals surface area contributed by atoms with E-state index in [2.05, 4.69) is 20.6 Å². The van der Waals surface area contributed by atoms with Crippen LogP contribution in [0.4, 0.5) is 10.5 Å². The molecule has 124 valence electrons. The van der Waals surface area contributed by atoms with Gasteiger partial charge in [-0.1, -0.05) is 0 Å². The predicted octanol–water partition coefficient (Wildman–Crippen LogP) is 3.04. The first-order valence-corrected chi connectivity index (χ1v) is 8.10. The first-order valence-electron chi connectivity index (χ1n) is 7.22. The van der Waals surface area contributed by atoms with Gasteiger partial charge in [0.05, 0.1) is 19.2 Å². The van der Waals surface area contributed by atoms with Crippen molar-refractivity contribution in [2.24, 2.45) is 0 Å². The van der Waals surface area contributed by atoms with Gasteiger partial charge in [-0.25, -0.2) is 14.6 Å². The molecule has 0 atom stereocenters. The highest BCUT2D eigenvalue weighted by Crippen LogP contribution is 2.24. The van der Waals surface area contributed by atoms with Gasteiger partial charge in [-0.15, -0.1) is 11.3 Å². The maximum atomic E-state index is 12.0. The Bertz CT molecular complexity index is 900. The van der Waals surface area contributed by atoms with Crippen LogP contribution >= 0.6 is 11.3 Å². The summed E-state index contributed by atoms with van der Waals surface area (Å²) in [5, 5.41) is 8.96. The minimum absolute atomic E-state index is 0.346. The molecule has 3 N–H and O–H groups in total. The van der Waals surface area contributed by atoms with E-state index in [0.29, 0.717) is 17.8 Å². The molecule has 0 fully saturated rings. The van der Waals surface area contributed by atoms with Gasteiger partial charge in [-0.05, 0) is 25.1 Å². The van der Waals surface area contributed by atoms with Crippen LogP contribution in [0, 0.1) is 6.92 Å². The summed E-state index contributed by atoms with van der Waals surface area (Å²) in [6, 6.07) is 4.77. The molecule has 0 bridgehead atoms. The van der Waals surface area contributed by atoms with Crippen LogP contribution in [0.5, 0.6) is 0 Å². The molecule has 2 heterocycles. The minimum atomic E-state index is -0.457. The molecular weight excluding hydrogens is 328 g/mol. The second kappa shape index (κ2) is 6.71. The van der Waals surface area contributed by atoms with Gasteiger partial charge < -0.3 is 20.4 Å². The number of H-pyrrole nitrogens is 1. The Labute approximate surface area is 142 Å². The van der Waals surface area contributed by atoms with Gasteiger partial charge in [-0.3, -0.25) is 0 Å². The van der Waals surface area contributed by atoms with Crippen molar-refractivity contribution in [2.45, 2.75) is 13.5 Å². The van der Waals surface area contributed by atoms with E-state index in [4.69, 9.17) is 4.74 Å². The summed E-state index contributed by atoms with van der Waals surface area (Å²) in [5.74, 6) is -0.457. The van der Waals surface area contributed by atoms with Gasteiger partial charge >= 0.3 is 12.0 Å². The lowest BCUT2D eigenvalue weighted by Crippen LogP contribution is -2.28. The number of benzene rings is 1. The number of methoxy groups -OCH3 is 1. The Morgan fingerprint density at radius 2 is 2.21 bits per heavy atom. The molecule has 7 nitrogen and oxygen atoms in total. The summed E-state index contributed by atoms with van der Waals surface area (Å²) in [5.41, 5.74) is 2.56. The highest BCUT2D eigenvalue weighted by Gasteiger charge is 2.14. The molecule has 0 saturated heterocycles. The first kappa shape index (κ1) is 16.0. The fraction of sp³-hybridized carbons (Fsp3) is 0.188. The normalized spacial score (nSPS) is 10.6. The van der Waals surface area contributed by atoms with Crippen LogP contribution in [0.15, 0.2) is 29.8 Å². The number of hydrogen-bond acceptors (Lipinski definition) is 5. The lowest BCUT2D eigenvalue weighted by Gasteiger charge is -2.09. The summed E-state index contributed by atoms with van der Waals surface area (Å²) in [6.45, 7) is 2.25. The Hall–Kier alpha value is -2.87. The standard InChI is InChI=1S/C16H16N4O3S/c1-9-8-24-14(19-9)7-18-16(22)20-10-5-12(15(21)23-2)11-3-4-17-13(11)6-10/h3-6,8,17H,7H2,1-2H3,(H2,18,20,22). The van der Waals surface area contributed by atoms with Gasteiger partial charge in [0.15, 0.2) is 0 Å². The van der Waals surface area contributed by atoms with Crippen molar-refractivity contribution < 1.29 is 14.3 Å². The number of carbonyl (C=O) groups excluding carboxylic acids is 2. The van der Waals surface area contributed by atoms with E-state index >= 15 is 0 Å². The molecule has 0 aliphatic rings. The van der Waals surface area contributed by atoms with Crippen LogP contribution in [0.1, 0.15) is 21.1 Å². The third-order valence-corrected chi connectivity index (χ3v) is 4.37. The number of nitrogens with one attached hydrogen (secondary N) is 3. The van der Waals surface area contributed by atoms with E-state index in [9.17, 15) is 9.59 Å². The number of ether oxygens (including phenoxy) is 1. The van der Waals surface area contributed by atoms with Gasteiger partial charge in [0.1, 0.15) is 5.01 Å². The Kier molecular flexibility index (Phi) is 4.48. The molecule has 8 heteroatoms. The van der Waals surface area contributed by atoms with E-state index in [1.807, 2.05) is 12.3 Å². The first-order chi connectivity index (χ1) is 11.6. The third kappa shape index (κ3) is 3.38. The molecule has 24 heavy (non-hydrogen) atoms. The largest absolute Gasteiger partial charge is 0.465 e. The molecule has 0 saturated carbocycles. The van der Waals surface area contributed by atoms with Gasteiger partial charge in [-0.2, -0.15) is 0 Å². The van der Waals surface area contributed by atoms with Crippen LogP contribution in [0.25, 0.3) is 10.9 Å². The molecule has 0 aliphatic heterocycles. The molecular formula is C16H16N4O3S. The lowest BCUT2D eigenvalue weighted by molar-refractivity contribution is 0.0603. The molecule has 2 amide bonds. The van der Waals surface area contributed by atoms with Crippen molar-refractivity contribution >= 4 is 39.9 Å². The van der Waals surface area contributed by atoms with E-state index in [-0.39, 0.29) is 6.03 Å². The fourth-order valence-corrected chi connectivity index (χ4v) is 3.04. The number of carbonyl (C=O) groups is 2. The predicted molar refractivity (Wildman–Crippen MR) is 92.3 cm³/mol. The fourth-order valence-electron chi connectivity index (χ4n) is 2.33. The summed E-state index contributed by atoms with van der Waals surface area (Å²) in [7, 11) is 1.32. The summed E-state index contributed by atoms with van der Waals surface area (Å²) < 4.78 is 4.79. The number of aromatic nitrogens is 2. The SMILES string of the molecule is COC(=O)c1cc(NC(=O)NCc2nc(C)cs2)cc2[nH]ccc12. The molecule has 0 spiro atoms. The second-order valence-electron chi connectivity index (χ2n) is 5.14. The zero-order valence-electron chi connectivity index (χ0n) is 13.2. The highest BCUT2D eigenvalue weighted by molar-refractivity contribution is 7.09. The number of amides is 2. The van der Waals surface area contributed by atoms with Crippen molar-refractivity contribution in [1.82, 2.24) is 15.3 Å². The van der Waals surface area contributed by atoms with Crippen molar-refractivity contribution in [2.75, 3.05) is 12.4 Å². The minimum Gasteiger partial charge on any atom is -0.465 e. The quantitative estimate of drug-likeness (QED) is 0.634. The average molecular weight is 344 g/mol. The number of esters is 1. The van der Waals surface area contributed by atoms with Crippen LogP contribution in [0.3, 0.4) is 0 Å². The Morgan fingerprint density at radius 1 is 1.38 bits per heavy atom. The number of fused-ring (bicyclic) bond motifs is 1. The van der Waals surface area contributed by atoms with Crippen LogP contribution < -0.4 is 10.6 Å². The maximum Gasteiger partial charge on any atom is 0.338 e. The van der Waals surface area contributed by atoms with Crippen molar-refractivity contribution in [3.8, 4) is 0 Å². The number of rotatable bonds is 4. The number of aryl methyl sites for hydroxylation is 1. The van der Waals surface area contributed by atoms with E-state index in [0.717, 1.165) is 21.6 Å². The third-order valence-electron chi connectivity index (χ3n) is 3.40. The van der Waals surface area contributed by atoms with Gasteiger partial charge in [0, 0.05) is 33.9 Å². The molecule has 3 aromatic rings. The van der Waals surface area contributed by atoms with E-state index in [1.54, 1.807) is 24.4 Å². The number of anilines is 1. The highest BCUT2D eigenvalue weighted by atomic mass is 32.1. The van der Waals surface area contributed by atoms with Crippen LogP contribution in [-0.2, 0) is 11.3 Å². The Morgan fingerprint density at radius 3 is 2.92 bits per heavy atom. The van der Waals surface area contributed by atoms with Crippen molar-refractivity contribution in [3.05, 3.63) is 46.0 Å². The summed E-state index contributed by atoms with van der Waals surface area (Å²) >= 11 is 1.49. The van der Waals surface area contributed by atoms with E-state index in [1.165, 1.54) is 18.4 Å². The van der Waals surface area contributed by atoms with Crippen molar-refractivity contribution in [3.63, 3.8) is 0 Å². The number of thiazole rings is 1. The van der Waals surface area contributed by atoms with Gasteiger partial charge in [0.2, 0.25) is 0 Å². The monoisotopic (exact) mass is 344 g/mol. The molecule has 0 radical (unpaired) electrons. The topological polar surface area (TPSA) is 96.1 Å². The smallest absolute Gasteiger partial charge is 0.338 e. The number of urea groups is 1. The molecule has 0 unspecified atom stereocenters. The summed E-state index contributed by atoms with van der Waals surface area (Å²) in [6.07, 6.45) is 1.73. The average Bonchev–Trinajstić information content (AvgIpc) is 3.20. The van der Waals surface area contributed by atoms with Crippen LogP contribution in [0.2, 0.25) is 0 Å². The number of hydrogen-bond donors (Lipinski definition) is 3. The second-order valence-corrected chi connectivity index (χ2v) is 6.09. The maximum absolute atomic E-state index is 12.0. The Balaban J connectivity index is 1.74. The number of nitrogens with zero attached hydrogens (tertiary/aromatic N) is 1. The summed E-state index contributed by atoms with van der Waals surface area (Å²) in [4.78, 5) is 31.3.